The van der Waals surface area contributed by atoms with Crippen LogP contribution in [-0.4, -0.2) is 22.8 Å². The van der Waals surface area contributed by atoms with Crippen LogP contribution in [0.25, 0.3) is 0 Å². The Balaban J connectivity index is 0. The molecular formula is H2AlMoNiO. The fraction of sp³-hybridized carbons (Fsp3) is 0. The summed E-state index contributed by atoms with van der Waals surface area (Å²) in [6.45, 7) is 0. The van der Waals surface area contributed by atoms with Crippen LogP contribution in [0.3, 0.4) is 0 Å². The van der Waals surface area contributed by atoms with Gasteiger partial charge in [-0.05, 0) is 0 Å². The Morgan fingerprint density at radius 1 is 1.00 bits per heavy atom. The van der Waals surface area contributed by atoms with Gasteiger partial charge in [-0.2, -0.15) is 0 Å². The molecule has 4 heavy (non-hydrogen) atoms. The summed E-state index contributed by atoms with van der Waals surface area (Å²) in [6, 6.07) is 0. The Kier molecular flexibility index (Phi) is 249. The van der Waals surface area contributed by atoms with Crippen molar-refractivity contribution in [1.82, 2.24) is 0 Å². The minimum absolute atomic E-state index is 0. The van der Waals surface area contributed by atoms with Crippen LogP contribution < -0.4 is 0 Å². The molecule has 0 spiro atoms. The summed E-state index contributed by atoms with van der Waals surface area (Å²) >= 11 is 0. The molecule has 2 N–H and O–H groups in total. The van der Waals surface area contributed by atoms with Gasteiger partial charge in [0.25, 0.3) is 0 Å². The Labute approximate surface area is 60.2 Å². The first-order chi connectivity index (χ1) is 0. The van der Waals surface area contributed by atoms with Gasteiger partial charge in [-0.15, -0.1) is 0 Å². The summed E-state index contributed by atoms with van der Waals surface area (Å²) in [6.07, 6.45) is 0. The van der Waals surface area contributed by atoms with Crippen LogP contribution in [0.15, 0.2) is 0 Å². The van der Waals surface area contributed by atoms with Gasteiger partial charge in [0, 0.05) is 54.9 Å². The van der Waals surface area contributed by atoms with Crippen LogP contribution in [0.1, 0.15) is 0 Å². The molecule has 0 unspecified atom stereocenters. The molecule has 0 saturated carbocycles. The quantitative estimate of drug-likeness (QED) is 0.439. The van der Waals surface area contributed by atoms with Crippen molar-refractivity contribution in [2.75, 3.05) is 0 Å². The van der Waals surface area contributed by atoms with Crippen molar-refractivity contribution in [2.45, 2.75) is 0 Å². The van der Waals surface area contributed by atoms with E-state index >= 15 is 0 Å². The molecule has 0 atom stereocenters. The predicted octanol–water partition coefficient (Wildman–Crippen LogP) is -1.21. The third-order valence-electron chi connectivity index (χ3n) is 0. The standard InChI is InChI=1S/Al.Mo.Ni.H2O/h;;;1H2. The zero-order valence-electron chi connectivity index (χ0n) is 1.80. The normalized spacial score (nSPS) is 0. The molecule has 0 aromatic heterocycles. The van der Waals surface area contributed by atoms with Gasteiger partial charge >= 0.3 is 0 Å². The van der Waals surface area contributed by atoms with Gasteiger partial charge < -0.3 is 5.48 Å². The van der Waals surface area contributed by atoms with Crippen LogP contribution in [0, 0.1) is 0 Å². The molecule has 3 radical (unpaired) electrons. The smallest absolute Gasteiger partial charge is 0 e. The number of rotatable bonds is 0. The molecule has 0 saturated heterocycles. The Morgan fingerprint density at radius 3 is 1.00 bits per heavy atom. The van der Waals surface area contributed by atoms with E-state index in [0.717, 1.165) is 0 Å². The predicted molar refractivity (Wildman–Crippen MR) is 9.37 cm³/mol. The van der Waals surface area contributed by atoms with Crippen LogP contribution in [-0.2, 0) is 37.6 Å². The van der Waals surface area contributed by atoms with Crippen molar-refractivity contribution in [1.29, 1.82) is 0 Å². The van der Waals surface area contributed by atoms with E-state index in [2.05, 4.69) is 0 Å². The van der Waals surface area contributed by atoms with E-state index < -0.39 is 0 Å². The van der Waals surface area contributed by atoms with Crippen molar-refractivity contribution < 1.29 is 43.0 Å². The van der Waals surface area contributed by atoms with Crippen LogP contribution >= 0.6 is 0 Å². The minimum Gasteiger partial charge on any atom is -0.412 e. The van der Waals surface area contributed by atoms with Gasteiger partial charge in [0.1, 0.15) is 0 Å². The molecule has 4 heteroatoms. The Morgan fingerprint density at radius 2 is 1.00 bits per heavy atom. The molecule has 0 aliphatic rings. The summed E-state index contributed by atoms with van der Waals surface area (Å²) in [5, 5.41) is 0. The van der Waals surface area contributed by atoms with Gasteiger partial charge in [-0.25, -0.2) is 0 Å². The topological polar surface area (TPSA) is 31.5 Å². The third-order valence-corrected chi connectivity index (χ3v) is 0. The molecule has 0 aromatic rings. The van der Waals surface area contributed by atoms with Crippen LogP contribution in [0.5, 0.6) is 0 Å². The Bertz CT molecular complexity index is 8.00. The molecule has 0 aromatic carbocycles. The van der Waals surface area contributed by atoms with Gasteiger partial charge in [0.15, 0.2) is 0 Å². The van der Waals surface area contributed by atoms with E-state index in [-0.39, 0.29) is 60.4 Å². The molecule has 0 amide bonds. The molecule has 0 heterocycles. The molecule has 0 aliphatic heterocycles. The average Bonchev–Trinajstić information content (AvgIpc) is 0. The van der Waals surface area contributed by atoms with Crippen molar-refractivity contribution in [2.24, 2.45) is 0 Å². The first kappa shape index (κ1) is 44.2. The second-order valence-corrected chi connectivity index (χ2v) is 0. The second-order valence-electron chi connectivity index (χ2n) is 0. The summed E-state index contributed by atoms with van der Waals surface area (Å²) in [5.41, 5.74) is 0. The van der Waals surface area contributed by atoms with Gasteiger partial charge in [0.2, 0.25) is 0 Å². The maximum Gasteiger partial charge on any atom is 0 e. The number of hydrogen-bond donors (Lipinski definition) is 0. The van der Waals surface area contributed by atoms with Crippen molar-refractivity contribution >= 4 is 17.4 Å². The van der Waals surface area contributed by atoms with Crippen LogP contribution in [0.4, 0.5) is 0 Å². The summed E-state index contributed by atoms with van der Waals surface area (Å²) in [7, 11) is 0. The van der Waals surface area contributed by atoms with E-state index in [9.17, 15) is 0 Å². The van der Waals surface area contributed by atoms with E-state index in [1.54, 1.807) is 0 Å². The molecule has 0 rings (SSSR count). The number of hydrogen-bond acceptors (Lipinski definition) is 0. The fourth-order valence-electron chi connectivity index (χ4n) is 0. The summed E-state index contributed by atoms with van der Waals surface area (Å²) in [4.78, 5) is 0. The Hall–Kier alpha value is 1.67. The molecule has 27 valence electrons. The van der Waals surface area contributed by atoms with Crippen molar-refractivity contribution in [3.8, 4) is 0 Å². The van der Waals surface area contributed by atoms with Crippen LogP contribution in [0.2, 0.25) is 0 Å². The maximum atomic E-state index is 0. The molecule has 0 fully saturated rings. The van der Waals surface area contributed by atoms with Gasteiger partial charge in [0.05, 0.1) is 0 Å². The van der Waals surface area contributed by atoms with Gasteiger partial charge in [-0.1, -0.05) is 0 Å². The average molecular weight is 200 g/mol. The molecule has 1 nitrogen and oxygen atoms in total. The largest absolute Gasteiger partial charge is 0.412 e. The van der Waals surface area contributed by atoms with Gasteiger partial charge in [-0.3, -0.25) is 0 Å². The SMILES string of the molecule is O.[Al].[Mo].[Ni]. The third kappa shape index (κ3) is 9.37. The van der Waals surface area contributed by atoms with Crippen molar-refractivity contribution in [3.63, 3.8) is 0 Å². The van der Waals surface area contributed by atoms with E-state index in [0.29, 0.717) is 0 Å². The van der Waals surface area contributed by atoms with E-state index in [4.69, 9.17) is 0 Å². The zero-order valence-corrected chi connectivity index (χ0v) is 5.95. The maximum absolute atomic E-state index is 0. The molecule has 0 aliphatic carbocycles. The monoisotopic (exact) mass is 201 g/mol. The fourth-order valence-corrected chi connectivity index (χ4v) is 0. The van der Waals surface area contributed by atoms with E-state index in [1.165, 1.54) is 0 Å². The zero-order chi connectivity index (χ0) is 0. The summed E-state index contributed by atoms with van der Waals surface area (Å²) < 4.78 is 0. The first-order valence-electron chi connectivity index (χ1n) is 0. The second kappa shape index (κ2) is 22.5. The molecule has 0 bridgehead atoms. The first-order valence-corrected chi connectivity index (χ1v) is 0. The van der Waals surface area contributed by atoms with Crippen molar-refractivity contribution in [3.05, 3.63) is 0 Å². The minimum atomic E-state index is 0. The molecular weight excluding hydrogens is 198 g/mol. The van der Waals surface area contributed by atoms with E-state index in [1.807, 2.05) is 0 Å². The summed E-state index contributed by atoms with van der Waals surface area (Å²) in [5.74, 6) is 0.